The second-order valence-electron chi connectivity index (χ2n) is 5.16. The van der Waals surface area contributed by atoms with Gasteiger partial charge in [-0.25, -0.2) is 0 Å². The van der Waals surface area contributed by atoms with E-state index in [0.717, 1.165) is 18.9 Å². The van der Waals surface area contributed by atoms with Gasteiger partial charge in [-0.15, -0.1) is 0 Å². The maximum absolute atomic E-state index is 8.94. The maximum Gasteiger partial charge on any atom is 0.0433 e. The summed E-state index contributed by atoms with van der Waals surface area (Å²) >= 11 is 0. The first-order valence-electron chi connectivity index (χ1n) is 6.67. The zero-order valence-corrected chi connectivity index (χ0v) is 10.7. The molecule has 0 unspecified atom stereocenters. The van der Waals surface area contributed by atoms with Crippen LogP contribution in [0, 0.1) is 12.8 Å². The lowest BCUT2D eigenvalue weighted by atomic mass is 9.93. The van der Waals surface area contributed by atoms with Crippen LogP contribution in [0.3, 0.4) is 0 Å². The Kier molecular flexibility index (Phi) is 4.57. The van der Waals surface area contributed by atoms with Gasteiger partial charge in [0.25, 0.3) is 0 Å². The van der Waals surface area contributed by atoms with Gasteiger partial charge in [0.2, 0.25) is 0 Å². The molecule has 1 saturated heterocycles. The number of aryl methyl sites for hydroxylation is 1. The number of nitrogens with zero attached hydrogens (tertiary/aromatic N) is 1. The Morgan fingerprint density at radius 2 is 1.94 bits per heavy atom. The van der Waals surface area contributed by atoms with Gasteiger partial charge in [0, 0.05) is 13.2 Å². The summed E-state index contributed by atoms with van der Waals surface area (Å²) in [7, 11) is 0. The molecule has 0 aliphatic carbocycles. The van der Waals surface area contributed by atoms with Crippen molar-refractivity contribution in [3.05, 3.63) is 35.4 Å². The zero-order chi connectivity index (χ0) is 12.1. The summed E-state index contributed by atoms with van der Waals surface area (Å²) in [5, 5.41) is 8.94. The largest absolute Gasteiger partial charge is 0.396 e. The summed E-state index contributed by atoms with van der Waals surface area (Å²) in [6.45, 7) is 5.98. The SMILES string of the molecule is Cc1ccccc1CN1CCC(CCO)CC1. The number of benzene rings is 1. The lowest BCUT2D eigenvalue weighted by Crippen LogP contribution is -2.33. The molecule has 0 atom stereocenters. The molecular formula is C15H23NO. The van der Waals surface area contributed by atoms with Crippen molar-refractivity contribution in [2.75, 3.05) is 19.7 Å². The monoisotopic (exact) mass is 233 g/mol. The number of aliphatic hydroxyl groups is 1. The van der Waals surface area contributed by atoms with Gasteiger partial charge < -0.3 is 5.11 Å². The van der Waals surface area contributed by atoms with Crippen LogP contribution in [0.15, 0.2) is 24.3 Å². The highest BCUT2D eigenvalue weighted by molar-refractivity contribution is 5.25. The number of hydrogen-bond acceptors (Lipinski definition) is 2. The van der Waals surface area contributed by atoms with E-state index in [0.29, 0.717) is 6.61 Å². The molecular weight excluding hydrogens is 210 g/mol. The summed E-state index contributed by atoms with van der Waals surface area (Å²) in [4.78, 5) is 2.54. The number of aliphatic hydroxyl groups excluding tert-OH is 1. The highest BCUT2D eigenvalue weighted by Gasteiger charge is 2.18. The van der Waals surface area contributed by atoms with Crippen molar-refractivity contribution < 1.29 is 5.11 Å². The molecule has 0 saturated carbocycles. The van der Waals surface area contributed by atoms with Crippen LogP contribution in [0.4, 0.5) is 0 Å². The Balaban J connectivity index is 1.84. The topological polar surface area (TPSA) is 23.5 Å². The number of rotatable bonds is 4. The quantitative estimate of drug-likeness (QED) is 0.864. The summed E-state index contributed by atoms with van der Waals surface area (Å²) in [5.41, 5.74) is 2.85. The van der Waals surface area contributed by atoms with Gasteiger partial charge in [-0.3, -0.25) is 4.90 Å². The summed E-state index contributed by atoms with van der Waals surface area (Å²) in [5.74, 6) is 0.744. The Labute approximate surface area is 104 Å². The number of piperidine rings is 1. The van der Waals surface area contributed by atoms with Crippen LogP contribution in [0.5, 0.6) is 0 Å². The van der Waals surface area contributed by atoms with Crippen LogP contribution in [-0.4, -0.2) is 29.7 Å². The van der Waals surface area contributed by atoms with Gasteiger partial charge in [-0.2, -0.15) is 0 Å². The van der Waals surface area contributed by atoms with Crippen molar-refractivity contribution >= 4 is 0 Å². The van der Waals surface area contributed by atoms with Crippen molar-refractivity contribution in [1.29, 1.82) is 0 Å². The van der Waals surface area contributed by atoms with Gasteiger partial charge in [0.05, 0.1) is 0 Å². The van der Waals surface area contributed by atoms with E-state index in [2.05, 4.69) is 36.1 Å². The predicted octanol–water partition coefficient (Wildman–Crippen LogP) is 2.59. The van der Waals surface area contributed by atoms with Crippen LogP contribution in [0.1, 0.15) is 30.4 Å². The molecule has 0 bridgehead atoms. The smallest absolute Gasteiger partial charge is 0.0433 e. The molecule has 1 heterocycles. The number of likely N-dealkylation sites (tertiary alicyclic amines) is 1. The van der Waals surface area contributed by atoms with Gasteiger partial charge in [0.15, 0.2) is 0 Å². The van der Waals surface area contributed by atoms with E-state index in [1.165, 1.54) is 37.1 Å². The van der Waals surface area contributed by atoms with Gasteiger partial charge in [0.1, 0.15) is 0 Å². The molecule has 2 nitrogen and oxygen atoms in total. The van der Waals surface area contributed by atoms with Crippen molar-refractivity contribution in [3.63, 3.8) is 0 Å². The third kappa shape index (κ3) is 3.55. The highest BCUT2D eigenvalue weighted by atomic mass is 16.3. The van der Waals surface area contributed by atoms with E-state index in [4.69, 9.17) is 5.11 Å². The molecule has 0 spiro atoms. The van der Waals surface area contributed by atoms with Gasteiger partial charge in [-0.05, 0) is 56.3 Å². The minimum atomic E-state index is 0.350. The first kappa shape index (κ1) is 12.6. The van der Waals surface area contributed by atoms with Crippen LogP contribution in [0.2, 0.25) is 0 Å². The fraction of sp³-hybridized carbons (Fsp3) is 0.600. The first-order chi connectivity index (χ1) is 8.29. The zero-order valence-electron chi connectivity index (χ0n) is 10.7. The molecule has 0 amide bonds. The van der Waals surface area contributed by atoms with Crippen LogP contribution < -0.4 is 0 Å². The molecule has 0 radical (unpaired) electrons. The normalized spacial score (nSPS) is 18.5. The Morgan fingerprint density at radius 3 is 2.59 bits per heavy atom. The van der Waals surface area contributed by atoms with Crippen molar-refractivity contribution in [2.45, 2.75) is 32.7 Å². The summed E-state index contributed by atoms with van der Waals surface area (Å²) < 4.78 is 0. The molecule has 1 aromatic carbocycles. The van der Waals surface area contributed by atoms with Crippen LogP contribution in [-0.2, 0) is 6.54 Å². The van der Waals surface area contributed by atoms with Crippen LogP contribution >= 0.6 is 0 Å². The predicted molar refractivity (Wildman–Crippen MR) is 70.9 cm³/mol. The molecule has 1 N–H and O–H groups in total. The van der Waals surface area contributed by atoms with Crippen LogP contribution in [0.25, 0.3) is 0 Å². The first-order valence-corrected chi connectivity index (χ1v) is 6.67. The molecule has 1 fully saturated rings. The van der Waals surface area contributed by atoms with Gasteiger partial charge in [-0.1, -0.05) is 24.3 Å². The fourth-order valence-electron chi connectivity index (χ4n) is 2.64. The molecule has 0 aromatic heterocycles. The molecule has 1 aromatic rings. The lowest BCUT2D eigenvalue weighted by molar-refractivity contribution is 0.153. The molecule has 94 valence electrons. The van der Waals surface area contributed by atoms with E-state index in [1.807, 2.05) is 0 Å². The minimum absolute atomic E-state index is 0.350. The Hall–Kier alpha value is -0.860. The second-order valence-corrected chi connectivity index (χ2v) is 5.16. The third-order valence-electron chi connectivity index (χ3n) is 3.90. The van der Waals surface area contributed by atoms with Crippen molar-refractivity contribution in [1.82, 2.24) is 4.90 Å². The average molecular weight is 233 g/mol. The van der Waals surface area contributed by atoms with Gasteiger partial charge >= 0.3 is 0 Å². The molecule has 2 heteroatoms. The fourth-order valence-corrected chi connectivity index (χ4v) is 2.64. The second kappa shape index (κ2) is 6.18. The van der Waals surface area contributed by atoms with Crippen molar-refractivity contribution in [2.24, 2.45) is 5.92 Å². The third-order valence-corrected chi connectivity index (χ3v) is 3.90. The summed E-state index contributed by atoms with van der Waals surface area (Å²) in [6.07, 6.45) is 3.47. The minimum Gasteiger partial charge on any atom is -0.396 e. The Bertz CT molecular complexity index is 343. The van der Waals surface area contributed by atoms with E-state index in [-0.39, 0.29) is 0 Å². The highest BCUT2D eigenvalue weighted by Crippen LogP contribution is 2.22. The molecule has 17 heavy (non-hydrogen) atoms. The summed E-state index contributed by atoms with van der Waals surface area (Å²) in [6, 6.07) is 8.65. The van der Waals surface area contributed by atoms with E-state index < -0.39 is 0 Å². The average Bonchev–Trinajstić information content (AvgIpc) is 2.35. The maximum atomic E-state index is 8.94. The molecule has 1 aliphatic rings. The Morgan fingerprint density at radius 1 is 1.24 bits per heavy atom. The van der Waals surface area contributed by atoms with E-state index >= 15 is 0 Å². The lowest BCUT2D eigenvalue weighted by Gasteiger charge is -2.32. The standard InChI is InChI=1S/C15H23NO/c1-13-4-2-3-5-15(13)12-16-9-6-14(7-10-16)8-11-17/h2-5,14,17H,6-12H2,1H3. The van der Waals surface area contributed by atoms with E-state index in [9.17, 15) is 0 Å². The molecule has 2 rings (SSSR count). The number of hydrogen-bond donors (Lipinski definition) is 1. The van der Waals surface area contributed by atoms with Crippen molar-refractivity contribution in [3.8, 4) is 0 Å². The molecule has 1 aliphatic heterocycles. The van der Waals surface area contributed by atoms with E-state index in [1.54, 1.807) is 0 Å².